The first kappa shape index (κ1) is 19.3. The van der Waals surface area contributed by atoms with E-state index in [-0.39, 0.29) is 11.6 Å². The van der Waals surface area contributed by atoms with Gasteiger partial charge in [0.05, 0.1) is 22.6 Å². The molecule has 2 aromatic carbocycles. The highest BCUT2D eigenvalue weighted by molar-refractivity contribution is 9.10. The summed E-state index contributed by atoms with van der Waals surface area (Å²) in [6.07, 6.45) is 0. The van der Waals surface area contributed by atoms with Crippen molar-refractivity contribution in [3.63, 3.8) is 0 Å². The normalized spacial score (nSPS) is 12.5. The van der Waals surface area contributed by atoms with Gasteiger partial charge in [-0.15, -0.1) is 0 Å². The van der Waals surface area contributed by atoms with Gasteiger partial charge in [0.25, 0.3) is 11.8 Å². The van der Waals surface area contributed by atoms with Crippen LogP contribution in [0, 0.1) is 6.92 Å². The fourth-order valence-corrected chi connectivity index (χ4v) is 3.97. The molecule has 2 heterocycles. The number of nitrogens with zero attached hydrogens (tertiary/aromatic N) is 2. The fraction of sp³-hybridized carbons (Fsp3) is 0.100. The number of aromatic nitrogens is 1. The molecule has 0 radical (unpaired) electrons. The van der Waals surface area contributed by atoms with Crippen molar-refractivity contribution in [2.24, 2.45) is 5.73 Å². The first-order valence-corrected chi connectivity index (χ1v) is 9.82. The van der Waals surface area contributed by atoms with Crippen LogP contribution in [0.25, 0.3) is 10.9 Å². The molecule has 1 aliphatic rings. The molecule has 7 nitrogen and oxygen atoms in total. The molecular weight excluding hydrogens is 454 g/mol. The summed E-state index contributed by atoms with van der Waals surface area (Å²) in [5.74, 6) is -1.00. The molecule has 0 saturated heterocycles. The Hall–Kier alpha value is -3.04. The number of benzene rings is 2. The topological polar surface area (TPSA) is 114 Å². The van der Waals surface area contributed by atoms with Crippen LogP contribution in [-0.4, -0.2) is 28.8 Å². The Bertz CT molecular complexity index is 1240. The predicted molar refractivity (Wildman–Crippen MR) is 122 cm³/mol. The number of amides is 2. The molecule has 0 saturated carbocycles. The standard InChI is InChI=1S/C20H16BrN5O2S/c1-8-14(22)17-13-11(20(29)26(17)2)7-12(18(23)27)24-16(13)15(8)25-19(28)9-3-5-10(21)6-4-9/h3-7H,22H2,1-2H3,(H2,23,27)(H,25,28). The van der Waals surface area contributed by atoms with Gasteiger partial charge in [-0.2, -0.15) is 0 Å². The average Bonchev–Trinajstić information content (AvgIpc) is 2.95. The number of carbonyl (C=O) groups excluding carboxylic acids is 2. The first-order chi connectivity index (χ1) is 13.7. The van der Waals surface area contributed by atoms with E-state index in [9.17, 15) is 9.59 Å². The number of hydrogen-bond acceptors (Lipinski definition) is 5. The zero-order valence-corrected chi connectivity index (χ0v) is 17.9. The van der Waals surface area contributed by atoms with Crippen LogP contribution < -0.4 is 21.7 Å². The molecule has 0 unspecified atom stereocenters. The van der Waals surface area contributed by atoms with Crippen molar-refractivity contribution in [2.45, 2.75) is 6.92 Å². The summed E-state index contributed by atoms with van der Waals surface area (Å²) in [6, 6.07) is 8.52. The van der Waals surface area contributed by atoms with Crippen LogP contribution in [-0.2, 0) is 0 Å². The molecule has 0 fully saturated rings. The molecule has 1 aliphatic heterocycles. The van der Waals surface area contributed by atoms with Crippen LogP contribution in [0.2, 0.25) is 0 Å². The maximum atomic E-state index is 12.8. The molecule has 0 bridgehead atoms. The number of nitrogen functional groups attached to an aromatic ring is 1. The number of rotatable bonds is 3. The molecule has 3 aromatic rings. The summed E-state index contributed by atoms with van der Waals surface area (Å²) in [4.78, 5) is 31.4. The van der Waals surface area contributed by atoms with Crippen LogP contribution in [0.5, 0.6) is 0 Å². The van der Waals surface area contributed by atoms with E-state index in [1.807, 2.05) is 0 Å². The monoisotopic (exact) mass is 469 g/mol. The number of pyridine rings is 1. The van der Waals surface area contributed by atoms with Crippen LogP contribution >= 0.6 is 28.1 Å². The quantitative estimate of drug-likeness (QED) is 0.400. The largest absolute Gasteiger partial charge is 0.397 e. The third-order valence-electron chi connectivity index (χ3n) is 5.00. The molecule has 146 valence electrons. The minimum atomic E-state index is -0.679. The number of nitrogens with one attached hydrogen (secondary N) is 1. The Morgan fingerprint density at radius 3 is 2.52 bits per heavy atom. The maximum Gasteiger partial charge on any atom is 0.267 e. The smallest absolute Gasteiger partial charge is 0.267 e. The van der Waals surface area contributed by atoms with Crippen molar-refractivity contribution in [2.75, 3.05) is 23.0 Å². The Labute approximate surface area is 180 Å². The van der Waals surface area contributed by atoms with E-state index in [2.05, 4.69) is 26.2 Å². The summed E-state index contributed by atoms with van der Waals surface area (Å²) in [5, 5.41) is 3.59. The lowest BCUT2D eigenvalue weighted by molar-refractivity contribution is 0.0994. The summed E-state index contributed by atoms with van der Waals surface area (Å²) in [5.41, 5.74) is 15.7. The van der Waals surface area contributed by atoms with Gasteiger partial charge in [0.2, 0.25) is 0 Å². The van der Waals surface area contributed by atoms with E-state index < -0.39 is 5.91 Å². The minimum absolute atomic E-state index is 0.0689. The maximum absolute atomic E-state index is 12.8. The number of anilines is 3. The third-order valence-corrected chi connectivity index (χ3v) is 6.02. The number of halogens is 1. The van der Waals surface area contributed by atoms with Gasteiger partial charge in [-0.05, 0) is 42.8 Å². The molecule has 4 rings (SSSR count). The Morgan fingerprint density at radius 2 is 1.90 bits per heavy atom. The van der Waals surface area contributed by atoms with Crippen molar-refractivity contribution >= 4 is 72.9 Å². The highest BCUT2D eigenvalue weighted by atomic mass is 79.9. The minimum Gasteiger partial charge on any atom is -0.397 e. The van der Waals surface area contributed by atoms with Crippen LogP contribution in [0.3, 0.4) is 0 Å². The summed E-state index contributed by atoms with van der Waals surface area (Å²) in [6.45, 7) is 1.79. The zero-order chi connectivity index (χ0) is 21.0. The molecule has 0 atom stereocenters. The van der Waals surface area contributed by atoms with Crippen molar-refractivity contribution in [3.05, 3.63) is 57.2 Å². The van der Waals surface area contributed by atoms with E-state index in [0.29, 0.717) is 49.6 Å². The van der Waals surface area contributed by atoms with Gasteiger partial charge in [-0.3, -0.25) is 9.59 Å². The van der Waals surface area contributed by atoms with Crippen molar-refractivity contribution < 1.29 is 9.59 Å². The number of primary amides is 1. The van der Waals surface area contributed by atoms with Gasteiger partial charge in [-0.25, -0.2) is 4.98 Å². The Morgan fingerprint density at radius 1 is 1.24 bits per heavy atom. The lowest BCUT2D eigenvalue weighted by Gasteiger charge is -2.19. The van der Waals surface area contributed by atoms with E-state index in [1.165, 1.54) is 0 Å². The van der Waals surface area contributed by atoms with Gasteiger partial charge in [0.1, 0.15) is 10.7 Å². The highest BCUT2D eigenvalue weighted by Crippen LogP contribution is 2.46. The molecule has 1 aromatic heterocycles. The van der Waals surface area contributed by atoms with Crippen LogP contribution in [0.15, 0.2) is 34.8 Å². The number of thiocarbonyl (C=S) groups is 1. The number of carbonyl (C=O) groups is 2. The van der Waals surface area contributed by atoms with Gasteiger partial charge in [0.15, 0.2) is 0 Å². The second-order valence-corrected chi connectivity index (χ2v) is 8.03. The van der Waals surface area contributed by atoms with Crippen molar-refractivity contribution in [1.82, 2.24) is 4.98 Å². The average molecular weight is 470 g/mol. The summed E-state index contributed by atoms with van der Waals surface area (Å²) >= 11 is 8.88. The van der Waals surface area contributed by atoms with E-state index >= 15 is 0 Å². The predicted octanol–water partition coefficient (Wildman–Crippen LogP) is 3.36. The van der Waals surface area contributed by atoms with Gasteiger partial charge in [-0.1, -0.05) is 28.1 Å². The molecule has 2 amide bonds. The van der Waals surface area contributed by atoms with Crippen molar-refractivity contribution in [3.8, 4) is 0 Å². The lowest BCUT2D eigenvalue weighted by Crippen LogP contribution is -2.21. The summed E-state index contributed by atoms with van der Waals surface area (Å²) < 4.78 is 0.865. The SMILES string of the molecule is Cc1c(N)c2c3c(cc(C(N)=O)nc3c1NC(=O)c1ccc(Br)cc1)C(=S)N2C. The van der Waals surface area contributed by atoms with E-state index in [1.54, 1.807) is 49.2 Å². The van der Waals surface area contributed by atoms with Crippen LogP contribution in [0.4, 0.5) is 17.1 Å². The van der Waals surface area contributed by atoms with Crippen molar-refractivity contribution in [1.29, 1.82) is 0 Å². The van der Waals surface area contributed by atoms with Gasteiger partial charge < -0.3 is 21.7 Å². The summed E-state index contributed by atoms with van der Waals surface area (Å²) in [7, 11) is 1.80. The molecule has 29 heavy (non-hydrogen) atoms. The lowest BCUT2D eigenvalue weighted by atomic mass is 10.0. The zero-order valence-electron chi connectivity index (χ0n) is 15.5. The van der Waals surface area contributed by atoms with Gasteiger partial charge in [0, 0.05) is 28.0 Å². The van der Waals surface area contributed by atoms with E-state index in [4.69, 9.17) is 23.7 Å². The first-order valence-electron chi connectivity index (χ1n) is 8.62. The van der Waals surface area contributed by atoms with Crippen LogP contribution in [0.1, 0.15) is 32.0 Å². The molecule has 9 heteroatoms. The second kappa shape index (κ2) is 6.78. The molecule has 0 spiro atoms. The third kappa shape index (κ3) is 2.93. The van der Waals surface area contributed by atoms with Gasteiger partial charge >= 0.3 is 0 Å². The number of hydrogen-bond donors (Lipinski definition) is 3. The Balaban J connectivity index is 1.97. The molecule has 0 aliphatic carbocycles. The molecule has 5 N–H and O–H groups in total. The Kier molecular flexibility index (Phi) is 4.51. The van der Waals surface area contributed by atoms with E-state index in [0.717, 1.165) is 4.47 Å². The fourth-order valence-electron chi connectivity index (χ4n) is 3.46. The highest BCUT2D eigenvalue weighted by Gasteiger charge is 2.31. The second-order valence-electron chi connectivity index (χ2n) is 6.73. The molecular formula is C20H16BrN5O2S. The number of nitrogens with two attached hydrogens (primary N) is 2.